The highest BCUT2D eigenvalue weighted by Gasteiger charge is 2.34. The number of benzene rings is 1. The van der Waals surface area contributed by atoms with Gasteiger partial charge in [0.25, 0.3) is 0 Å². The van der Waals surface area contributed by atoms with Gasteiger partial charge in [-0.3, -0.25) is 4.79 Å². The Morgan fingerprint density at radius 2 is 1.88 bits per heavy atom. The van der Waals surface area contributed by atoms with Crippen molar-refractivity contribution < 1.29 is 17.9 Å². The molecule has 24 heavy (non-hydrogen) atoms. The lowest BCUT2D eigenvalue weighted by Gasteiger charge is -2.30. The number of hydrogen-bond acceptors (Lipinski definition) is 4. The molecule has 0 saturated carbocycles. The van der Waals surface area contributed by atoms with Crippen LogP contribution in [-0.4, -0.2) is 38.4 Å². The minimum Gasteiger partial charge on any atom is -0.466 e. The monoisotopic (exact) mass is 353 g/mol. The fourth-order valence-electron chi connectivity index (χ4n) is 2.89. The predicted molar refractivity (Wildman–Crippen MR) is 93.3 cm³/mol. The van der Waals surface area contributed by atoms with Gasteiger partial charge in [0.2, 0.25) is 10.0 Å². The molecule has 1 saturated heterocycles. The van der Waals surface area contributed by atoms with Gasteiger partial charge in [-0.1, -0.05) is 32.9 Å². The van der Waals surface area contributed by atoms with Crippen LogP contribution < -0.4 is 0 Å². The van der Waals surface area contributed by atoms with Gasteiger partial charge >= 0.3 is 5.97 Å². The van der Waals surface area contributed by atoms with Crippen molar-refractivity contribution in [3.63, 3.8) is 0 Å². The molecule has 1 aliphatic rings. The van der Waals surface area contributed by atoms with E-state index < -0.39 is 10.0 Å². The summed E-state index contributed by atoms with van der Waals surface area (Å²) in [6.07, 6.45) is 1.34. The Bertz CT molecular complexity index is 674. The number of carbonyl (C=O) groups is 1. The lowest BCUT2D eigenvalue weighted by Crippen LogP contribution is -2.42. The number of hydrogen-bond donors (Lipinski definition) is 0. The molecule has 0 radical (unpaired) electrons. The molecular formula is C18H27NO4S. The predicted octanol–water partition coefficient (Wildman–Crippen LogP) is 2.95. The fourth-order valence-corrected chi connectivity index (χ4v) is 4.41. The van der Waals surface area contributed by atoms with E-state index in [1.165, 1.54) is 4.31 Å². The lowest BCUT2D eigenvalue weighted by atomic mass is 9.87. The van der Waals surface area contributed by atoms with Crippen LogP contribution in [0, 0.1) is 5.92 Å². The highest BCUT2D eigenvalue weighted by atomic mass is 32.2. The van der Waals surface area contributed by atoms with Gasteiger partial charge < -0.3 is 4.74 Å². The molecule has 5 nitrogen and oxygen atoms in total. The second-order valence-electron chi connectivity index (χ2n) is 7.23. The van der Waals surface area contributed by atoms with Crippen molar-refractivity contribution >= 4 is 16.0 Å². The summed E-state index contributed by atoms with van der Waals surface area (Å²) in [5.41, 5.74) is 1.06. The minimum atomic E-state index is -3.58. The second-order valence-corrected chi connectivity index (χ2v) is 9.17. The molecule has 0 aliphatic carbocycles. The van der Waals surface area contributed by atoms with Gasteiger partial charge in [-0.05, 0) is 42.9 Å². The third-order valence-electron chi connectivity index (χ3n) is 4.36. The van der Waals surface area contributed by atoms with Crippen LogP contribution in [0.4, 0.5) is 0 Å². The zero-order valence-corrected chi connectivity index (χ0v) is 15.7. The molecule has 0 aromatic heterocycles. The van der Waals surface area contributed by atoms with Crippen molar-refractivity contribution in [1.29, 1.82) is 0 Å². The van der Waals surface area contributed by atoms with E-state index >= 15 is 0 Å². The summed E-state index contributed by atoms with van der Waals surface area (Å²) in [7, 11) is -3.58. The fraction of sp³-hybridized carbons (Fsp3) is 0.611. The highest BCUT2D eigenvalue weighted by molar-refractivity contribution is 7.89. The molecule has 1 atom stereocenters. The van der Waals surface area contributed by atoms with Crippen molar-refractivity contribution in [3.8, 4) is 0 Å². The Hall–Kier alpha value is -1.40. The maximum atomic E-state index is 12.8. The molecule has 1 aliphatic heterocycles. The molecule has 0 bridgehead atoms. The van der Waals surface area contributed by atoms with Gasteiger partial charge in [0.05, 0.1) is 17.4 Å². The summed E-state index contributed by atoms with van der Waals surface area (Å²) in [5.74, 6) is -0.678. The molecule has 6 heteroatoms. The van der Waals surface area contributed by atoms with Crippen LogP contribution in [-0.2, 0) is 25.0 Å². The molecule has 2 rings (SSSR count). The maximum Gasteiger partial charge on any atom is 0.310 e. The molecule has 0 amide bonds. The summed E-state index contributed by atoms with van der Waals surface area (Å²) < 4.78 is 32.1. The number of rotatable bonds is 4. The van der Waals surface area contributed by atoms with E-state index in [4.69, 9.17) is 4.74 Å². The molecule has 0 spiro atoms. The lowest BCUT2D eigenvalue weighted by molar-refractivity contribution is -0.149. The van der Waals surface area contributed by atoms with E-state index in [0.717, 1.165) is 5.56 Å². The number of piperidine rings is 1. The Balaban J connectivity index is 2.19. The molecule has 1 heterocycles. The molecule has 0 unspecified atom stereocenters. The van der Waals surface area contributed by atoms with Crippen molar-refractivity contribution in [2.45, 2.75) is 50.8 Å². The Morgan fingerprint density at radius 1 is 1.25 bits per heavy atom. The van der Waals surface area contributed by atoms with Crippen molar-refractivity contribution in [3.05, 3.63) is 29.8 Å². The molecule has 1 aromatic rings. The van der Waals surface area contributed by atoms with E-state index in [-0.39, 0.29) is 28.7 Å². The molecular weight excluding hydrogens is 326 g/mol. The topological polar surface area (TPSA) is 63.7 Å². The first-order valence-corrected chi connectivity index (χ1v) is 9.87. The van der Waals surface area contributed by atoms with Crippen molar-refractivity contribution in [2.24, 2.45) is 5.92 Å². The van der Waals surface area contributed by atoms with Gasteiger partial charge in [-0.15, -0.1) is 0 Å². The normalized spacial score (nSPS) is 19.9. The van der Waals surface area contributed by atoms with E-state index in [2.05, 4.69) is 20.8 Å². The molecule has 134 valence electrons. The first kappa shape index (κ1) is 18.9. The van der Waals surface area contributed by atoms with Crippen LogP contribution >= 0.6 is 0 Å². The summed E-state index contributed by atoms with van der Waals surface area (Å²) >= 11 is 0. The van der Waals surface area contributed by atoms with Gasteiger partial charge in [0.1, 0.15) is 0 Å². The van der Waals surface area contributed by atoms with E-state index in [0.29, 0.717) is 26.0 Å². The van der Waals surface area contributed by atoms with Crippen LogP contribution in [0.3, 0.4) is 0 Å². The quantitative estimate of drug-likeness (QED) is 0.781. The van der Waals surface area contributed by atoms with Crippen molar-refractivity contribution in [1.82, 2.24) is 4.31 Å². The molecule has 0 N–H and O–H groups in total. The number of carbonyl (C=O) groups excluding carboxylic acids is 1. The van der Waals surface area contributed by atoms with E-state index in [9.17, 15) is 13.2 Å². The Morgan fingerprint density at radius 3 is 2.42 bits per heavy atom. The van der Waals surface area contributed by atoms with Gasteiger partial charge in [0, 0.05) is 13.1 Å². The van der Waals surface area contributed by atoms with Crippen LogP contribution in [0.15, 0.2) is 29.2 Å². The van der Waals surface area contributed by atoms with Crippen LogP contribution in [0.25, 0.3) is 0 Å². The average Bonchev–Trinajstić information content (AvgIpc) is 2.54. The van der Waals surface area contributed by atoms with Gasteiger partial charge in [-0.25, -0.2) is 8.42 Å². The number of ether oxygens (including phenoxy) is 1. The largest absolute Gasteiger partial charge is 0.466 e. The minimum absolute atomic E-state index is 0.0254. The summed E-state index contributed by atoms with van der Waals surface area (Å²) in [6.45, 7) is 8.98. The maximum absolute atomic E-state index is 12.8. The van der Waals surface area contributed by atoms with Crippen LogP contribution in [0.5, 0.6) is 0 Å². The van der Waals surface area contributed by atoms with Crippen molar-refractivity contribution in [2.75, 3.05) is 19.7 Å². The third kappa shape index (κ3) is 4.16. The number of sulfonamides is 1. The summed E-state index contributed by atoms with van der Waals surface area (Å²) in [4.78, 5) is 12.2. The summed E-state index contributed by atoms with van der Waals surface area (Å²) in [6, 6.07) is 7.03. The van der Waals surface area contributed by atoms with E-state index in [1.807, 2.05) is 12.1 Å². The van der Waals surface area contributed by atoms with Crippen LogP contribution in [0.2, 0.25) is 0 Å². The second kappa shape index (κ2) is 7.23. The molecule has 1 fully saturated rings. The van der Waals surface area contributed by atoms with Gasteiger partial charge in [-0.2, -0.15) is 4.31 Å². The smallest absolute Gasteiger partial charge is 0.310 e. The average molecular weight is 353 g/mol. The number of nitrogens with zero attached hydrogens (tertiary/aromatic N) is 1. The third-order valence-corrected chi connectivity index (χ3v) is 6.24. The zero-order valence-electron chi connectivity index (χ0n) is 14.9. The zero-order chi connectivity index (χ0) is 18.0. The highest BCUT2D eigenvalue weighted by Crippen LogP contribution is 2.27. The molecule has 1 aromatic carbocycles. The standard InChI is InChI=1S/C18H27NO4S/c1-5-23-17(20)14-7-6-12-19(13-14)24(21,22)16-10-8-15(9-11-16)18(2,3)4/h8-11,14H,5-7,12-13H2,1-4H3/t14-/m1/s1. The van der Waals surface area contributed by atoms with Crippen LogP contribution in [0.1, 0.15) is 46.1 Å². The number of esters is 1. The first-order valence-electron chi connectivity index (χ1n) is 8.43. The Labute approximate surface area is 145 Å². The summed E-state index contributed by atoms with van der Waals surface area (Å²) in [5, 5.41) is 0. The van der Waals surface area contributed by atoms with E-state index in [1.54, 1.807) is 19.1 Å². The first-order chi connectivity index (χ1) is 11.2. The Kier molecular flexibility index (Phi) is 5.71. The SMILES string of the molecule is CCOC(=O)[C@@H]1CCCN(S(=O)(=O)c2ccc(C(C)(C)C)cc2)C1. The van der Waals surface area contributed by atoms with Gasteiger partial charge in [0.15, 0.2) is 0 Å².